The molecule has 0 bridgehead atoms. The van der Waals surface area contributed by atoms with E-state index in [2.05, 4.69) is 13.8 Å². The van der Waals surface area contributed by atoms with Crippen LogP contribution in [0.25, 0.3) is 0 Å². The van der Waals surface area contributed by atoms with Gasteiger partial charge in [0, 0.05) is 11.2 Å². The van der Waals surface area contributed by atoms with Crippen LogP contribution in [0.4, 0.5) is 0 Å². The van der Waals surface area contributed by atoms with Crippen LogP contribution in [0.3, 0.4) is 0 Å². The van der Waals surface area contributed by atoms with E-state index in [1.54, 1.807) is 0 Å². The number of hydrogen-bond donors (Lipinski definition) is 0. The first-order valence-electron chi connectivity index (χ1n) is 13.2. The molecule has 0 saturated heterocycles. The number of hydrogen-bond acceptors (Lipinski definition) is 6. The molecule has 8 heteroatoms. The van der Waals surface area contributed by atoms with E-state index in [9.17, 15) is 12.6 Å². The second kappa shape index (κ2) is 21.8. The number of rotatable bonds is 25. The van der Waals surface area contributed by atoms with E-state index in [0.717, 1.165) is 25.7 Å². The van der Waals surface area contributed by atoms with Crippen LogP contribution in [0.1, 0.15) is 142 Å². The van der Waals surface area contributed by atoms with E-state index >= 15 is 0 Å². The van der Waals surface area contributed by atoms with Gasteiger partial charge in [-0.1, -0.05) is 129 Å². The van der Waals surface area contributed by atoms with Crippen molar-refractivity contribution in [3.63, 3.8) is 0 Å². The average Bonchev–Trinajstić information content (AvgIpc) is 2.75. The highest BCUT2D eigenvalue weighted by molar-refractivity contribution is 8.78. The third-order valence-corrected chi connectivity index (χ3v) is 11.0. The Labute approximate surface area is 204 Å². The molecule has 0 amide bonds. The molecule has 32 heavy (non-hydrogen) atoms. The molecule has 0 aromatic rings. The van der Waals surface area contributed by atoms with Gasteiger partial charge in [0.15, 0.2) is 0 Å². The van der Waals surface area contributed by atoms with Gasteiger partial charge in [-0.3, -0.25) is 8.37 Å². The van der Waals surface area contributed by atoms with Crippen LogP contribution in [-0.4, -0.2) is 25.8 Å². The van der Waals surface area contributed by atoms with Gasteiger partial charge < -0.3 is 0 Å². The second-order valence-corrected chi connectivity index (χ2v) is 15.4. The van der Waals surface area contributed by atoms with Crippen LogP contribution >= 0.6 is 0 Å². The van der Waals surface area contributed by atoms with Crippen molar-refractivity contribution in [3.05, 3.63) is 0 Å². The fraction of sp³-hybridized carbons (Fsp3) is 1.00. The maximum Gasteiger partial charge on any atom is 0.375 e. The largest absolute Gasteiger partial charge is 0.375 e. The monoisotopic (exact) mass is 514 g/mol. The normalized spacial score (nSPS) is 13.9. The lowest BCUT2D eigenvalue weighted by Crippen LogP contribution is -2.21. The fourth-order valence-electron chi connectivity index (χ4n) is 3.62. The highest BCUT2D eigenvalue weighted by Crippen LogP contribution is 2.15. The van der Waals surface area contributed by atoms with Crippen molar-refractivity contribution in [1.82, 2.24) is 0 Å². The summed E-state index contributed by atoms with van der Waals surface area (Å²) in [5, 5.41) is 0. The molecule has 0 saturated carbocycles. The third-order valence-electron chi connectivity index (χ3n) is 5.70. The van der Waals surface area contributed by atoms with E-state index in [-0.39, 0.29) is 13.2 Å². The van der Waals surface area contributed by atoms with Crippen LogP contribution in [0.2, 0.25) is 0 Å². The van der Waals surface area contributed by atoms with Gasteiger partial charge in [0.2, 0.25) is 0 Å². The predicted octanol–water partition coefficient (Wildman–Crippen LogP) is 7.77. The van der Waals surface area contributed by atoms with Crippen LogP contribution in [0.5, 0.6) is 0 Å². The molecule has 194 valence electrons. The van der Waals surface area contributed by atoms with Crippen LogP contribution in [0.15, 0.2) is 0 Å². The molecule has 0 aliphatic heterocycles. The minimum Gasteiger partial charge on any atom is -0.277 e. The zero-order valence-electron chi connectivity index (χ0n) is 20.8. The Kier molecular flexibility index (Phi) is 21.9. The van der Waals surface area contributed by atoms with Crippen LogP contribution in [-0.2, 0) is 36.5 Å². The molecule has 0 fully saturated rings. The second-order valence-electron chi connectivity index (χ2n) is 8.82. The molecule has 1 unspecified atom stereocenters. The summed E-state index contributed by atoms with van der Waals surface area (Å²) in [6, 6.07) is 0. The van der Waals surface area contributed by atoms with Crippen molar-refractivity contribution in [2.45, 2.75) is 142 Å². The molecule has 0 rings (SSSR count). The molecule has 0 aliphatic rings. The van der Waals surface area contributed by atoms with Crippen molar-refractivity contribution < 1.29 is 21.0 Å². The Bertz CT molecular complexity index is 549. The van der Waals surface area contributed by atoms with Crippen molar-refractivity contribution in [2.75, 3.05) is 13.2 Å². The van der Waals surface area contributed by atoms with Gasteiger partial charge in [0.25, 0.3) is 7.80 Å². The summed E-state index contributed by atoms with van der Waals surface area (Å²) < 4.78 is 46.4. The molecule has 0 aromatic heterocycles. The molecule has 0 radical (unpaired) electrons. The standard InChI is InChI=1S/C24H50O5S3/c1-3-5-7-9-11-13-15-17-19-21-23-28-31(25,26)32(27,30)29-24-22-20-18-16-14-12-10-8-6-4-2/h3-24H2,1-2H3. The minimum atomic E-state index is -4.36. The topological polar surface area (TPSA) is 69.7 Å². The zero-order valence-corrected chi connectivity index (χ0v) is 23.3. The first-order valence-corrected chi connectivity index (χ1v) is 17.5. The summed E-state index contributed by atoms with van der Waals surface area (Å²) in [6.07, 6.45) is 23.1. The van der Waals surface area contributed by atoms with E-state index in [0.29, 0.717) is 12.8 Å². The maximum absolute atomic E-state index is 12.3. The Balaban J connectivity index is 3.70. The molecular weight excluding hydrogens is 464 g/mol. The van der Waals surface area contributed by atoms with E-state index in [1.807, 2.05) is 0 Å². The van der Waals surface area contributed by atoms with E-state index < -0.39 is 17.0 Å². The highest BCUT2D eigenvalue weighted by atomic mass is 33.4. The SMILES string of the molecule is CCCCCCCCCCCCOS(=O)(=O)S(=O)(=S)OCCCCCCCCCCCC. The number of unbranched alkanes of at least 4 members (excludes halogenated alkanes) is 18. The quantitative estimate of drug-likeness (QED) is 0.0915. The van der Waals surface area contributed by atoms with Crippen molar-refractivity contribution in [1.29, 1.82) is 0 Å². The van der Waals surface area contributed by atoms with Crippen LogP contribution in [0, 0.1) is 0 Å². The van der Waals surface area contributed by atoms with Gasteiger partial charge >= 0.3 is 9.15 Å². The molecule has 0 aliphatic carbocycles. The van der Waals surface area contributed by atoms with Crippen molar-refractivity contribution >= 4 is 28.1 Å². The average molecular weight is 515 g/mol. The van der Waals surface area contributed by atoms with E-state index in [4.69, 9.17) is 19.6 Å². The molecule has 0 heterocycles. The first-order chi connectivity index (χ1) is 15.4. The molecule has 0 N–H and O–H groups in total. The van der Waals surface area contributed by atoms with Crippen LogP contribution < -0.4 is 0 Å². The minimum absolute atomic E-state index is 0.0219. The van der Waals surface area contributed by atoms with Gasteiger partial charge in [-0.2, -0.15) is 8.42 Å². The Morgan fingerprint density at radius 1 is 0.469 bits per heavy atom. The summed E-state index contributed by atoms with van der Waals surface area (Å²) in [5.74, 6) is 0. The van der Waals surface area contributed by atoms with Gasteiger partial charge in [-0.25, -0.2) is 4.21 Å². The van der Waals surface area contributed by atoms with Crippen molar-refractivity contribution in [2.24, 2.45) is 0 Å². The van der Waals surface area contributed by atoms with Gasteiger partial charge in [0.05, 0.1) is 13.2 Å². The smallest absolute Gasteiger partial charge is 0.277 e. The van der Waals surface area contributed by atoms with E-state index in [1.165, 1.54) is 89.9 Å². The van der Waals surface area contributed by atoms with Gasteiger partial charge in [-0.15, -0.1) is 0 Å². The third kappa shape index (κ3) is 18.6. The summed E-state index contributed by atoms with van der Waals surface area (Å²) in [7, 11) is -8.26. The summed E-state index contributed by atoms with van der Waals surface area (Å²) in [4.78, 5) is 0. The molecule has 1 atom stereocenters. The zero-order chi connectivity index (χ0) is 24.0. The van der Waals surface area contributed by atoms with Crippen molar-refractivity contribution in [3.8, 4) is 0 Å². The lowest BCUT2D eigenvalue weighted by molar-refractivity contribution is 0.303. The lowest BCUT2D eigenvalue weighted by Gasteiger charge is -2.10. The van der Waals surface area contributed by atoms with Gasteiger partial charge in [-0.05, 0) is 12.8 Å². The fourth-order valence-corrected chi connectivity index (χ4v) is 6.17. The summed E-state index contributed by atoms with van der Waals surface area (Å²) in [5.41, 5.74) is 0. The summed E-state index contributed by atoms with van der Waals surface area (Å²) in [6.45, 7) is 4.56. The molecule has 0 aromatic carbocycles. The Hall–Kier alpha value is 0.240. The lowest BCUT2D eigenvalue weighted by atomic mass is 10.1. The molecule has 5 nitrogen and oxygen atoms in total. The predicted molar refractivity (Wildman–Crippen MR) is 140 cm³/mol. The Morgan fingerprint density at radius 3 is 1.09 bits per heavy atom. The summed E-state index contributed by atoms with van der Waals surface area (Å²) >= 11 is 4.72. The maximum atomic E-state index is 12.3. The van der Waals surface area contributed by atoms with Gasteiger partial charge in [0.1, 0.15) is 0 Å². The Morgan fingerprint density at radius 2 is 0.750 bits per heavy atom. The first kappa shape index (κ1) is 32.2. The molecule has 0 spiro atoms. The molecular formula is C24H50O5S3. The highest BCUT2D eigenvalue weighted by Gasteiger charge is 2.27.